The standard InChI is InChI=1S/C16H19O6PS2/c1-3-13-24-23(17,20-2)21-14-9-11-16(12-10-14)25(18,19)22-15-7-5-4-6-8-15/h4-12H,3,13H2,1-2H3. The van der Waals surface area contributed by atoms with Crippen molar-refractivity contribution < 1.29 is 26.2 Å². The third-order valence-electron chi connectivity index (χ3n) is 2.96. The van der Waals surface area contributed by atoms with Gasteiger partial charge in [-0.05, 0) is 54.2 Å². The highest BCUT2D eigenvalue weighted by molar-refractivity contribution is 8.55. The Morgan fingerprint density at radius 3 is 2.20 bits per heavy atom. The fraction of sp³-hybridized carbons (Fsp3) is 0.250. The number of benzene rings is 2. The summed E-state index contributed by atoms with van der Waals surface area (Å²) in [7, 11) is -2.64. The van der Waals surface area contributed by atoms with Gasteiger partial charge in [0.15, 0.2) is 0 Å². The van der Waals surface area contributed by atoms with Gasteiger partial charge in [-0.2, -0.15) is 8.42 Å². The van der Waals surface area contributed by atoms with E-state index in [0.717, 1.165) is 17.8 Å². The lowest BCUT2D eigenvalue weighted by Crippen LogP contribution is -2.09. The van der Waals surface area contributed by atoms with Crippen LogP contribution in [0.25, 0.3) is 0 Å². The van der Waals surface area contributed by atoms with Gasteiger partial charge in [0.05, 0.1) is 0 Å². The summed E-state index contributed by atoms with van der Waals surface area (Å²) in [5.41, 5.74) is 0. The topological polar surface area (TPSA) is 78.9 Å². The molecule has 2 aromatic carbocycles. The van der Waals surface area contributed by atoms with E-state index >= 15 is 0 Å². The Bertz CT molecular complexity index is 821. The van der Waals surface area contributed by atoms with Gasteiger partial charge < -0.3 is 8.71 Å². The van der Waals surface area contributed by atoms with Crippen LogP contribution >= 0.6 is 18.2 Å². The van der Waals surface area contributed by atoms with E-state index in [2.05, 4.69) is 0 Å². The SMILES string of the molecule is CCCSP(=O)(OC)Oc1ccc(S(=O)(=O)Oc2ccccc2)cc1. The van der Waals surface area contributed by atoms with Crippen LogP contribution in [0.3, 0.4) is 0 Å². The molecule has 0 spiro atoms. The number of para-hydroxylation sites is 1. The molecule has 0 aromatic heterocycles. The maximum atomic E-state index is 12.4. The van der Waals surface area contributed by atoms with Crippen LogP contribution in [0.5, 0.6) is 11.5 Å². The van der Waals surface area contributed by atoms with Crippen molar-refractivity contribution in [1.82, 2.24) is 0 Å². The molecule has 1 atom stereocenters. The highest BCUT2D eigenvalue weighted by Crippen LogP contribution is 2.59. The maximum absolute atomic E-state index is 12.4. The zero-order chi connectivity index (χ0) is 18.3. The molecule has 0 amide bonds. The summed E-state index contributed by atoms with van der Waals surface area (Å²) in [6, 6.07) is 13.7. The molecule has 0 fully saturated rings. The predicted molar refractivity (Wildman–Crippen MR) is 98.7 cm³/mol. The lowest BCUT2D eigenvalue weighted by Gasteiger charge is -2.16. The lowest BCUT2D eigenvalue weighted by atomic mass is 10.3. The summed E-state index contributed by atoms with van der Waals surface area (Å²) in [4.78, 5) is -0.0304. The lowest BCUT2D eigenvalue weighted by molar-refractivity contribution is 0.342. The van der Waals surface area contributed by atoms with E-state index in [9.17, 15) is 13.0 Å². The summed E-state index contributed by atoms with van der Waals surface area (Å²) in [6.45, 7) is -1.36. The van der Waals surface area contributed by atoms with Crippen LogP contribution in [0, 0.1) is 0 Å². The van der Waals surface area contributed by atoms with Gasteiger partial charge in [0.1, 0.15) is 16.4 Å². The first-order chi connectivity index (χ1) is 11.9. The first kappa shape index (κ1) is 19.8. The first-order valence-corrected chi connectivity index (χ1v) is 12.0. The average Bonchev–Trinajstić information content (AvgIpc) is 2.61. The van der Waals surface area contributed by atoms with Gasteiger partial charge in [0.25, 0.3) is 0 Å². The molecule has 1 unspecified atom stereocenters. The molecule has 0 bridgehead atoms. The summed E-state index contributed by atoms with van der Waals surface area (Å²) in [6.07, 6.45) is 0.829. The van der Waals surface area contributed by atoms with Crippen molar-refractivity contribution in [1.29, 1.82) is 0 Å². The molecule has 0 aliphatic heterocycles. The molecule has 0 aliphatic carbocycles. The van der Waals surface area contributed by atoms with Crippen LogP contribution in [0.4, 0.5) is 0 Å². The third kappa shape index (κ3) is 5.78. The number of hydrogen-bond acceptors (Lipinski definition) is 7. The monoisotopic (exact) mass is 402 g/mol. The van der Waals surface area contributed by atoms with E-state index in [-0.39, 0.29) is 16.4 Å². The van der Waals surface area contributed by atoms with Crippen LogP contribution in [-0.2, 0) is 19.2 Å². The fourth-order valence-electron chi connectivity index (χ4n) is 1.77. The Balaban J connectivity index is 2.12. The van der Waals surface area contributed by atoms with E-state index in [1.165, 1.54) is 31.4 Å². The molecule has 9 heteroatoms. The van der Waals surface area contributed by atoms with E-state index in [0.29, 0.717) is 5.75 Å². The molecule has 25 heavy (non-hydrogen) atoms. The Morgan fingerprint density at radius 2 is 1.64 bits per heavy atom. The van der Waals surface area contributed by atoms with Gasteiger partial charge >= 0.3 is 16.9 Å². The number of rotatable bonds is 9. The zero-order valence-electron chi connectivity index (χ0n) is 13.8. The van der Waals surface area contributed by atoms with Crippen LogP contribution in [0.2, 0.25) is 0 Å². The highest BCUT2D eigenvalue weighted by atomic mass is 32.7. The summed E-state index contributed by atoms with van der Waals surface area (Å²) < 4.78 is 52.3. The van der Waals surface area contributed by atoms with Crippen LogP contribution in [0.1, 0.15) is 13.3 Å². The normalized spacial score (nSPS) is 13.8. The largest absolute Gasteiger partial charge is 0.439 e. The second-order valence-electron chi connectivity index (χ2n) is 4.88. The second-order valence-corrected chi connectivity index (χ2v) is 10.6. The molecule has 0 N–H and O–H groups in total. The van der Waals surface area contributed by atoms with Crippen LogP contribution in [-0.4, -0.2) is 21.3 Å². The molecule has 0 heterocycles. The maximum Gasteiger partial charge on any atom is 0.439 e. The Kier molecular flexibility index (Phi) is 6.95. The Hall–Kier alpha value is -1.47. The van der Waals surface area contributed by atoms with Crippen molar-refractivity contribution in [2.45, 2.75) is 18.2 Å². The fourth-order valence-corrected chi connectivity index (χ4v) is 5.67. The van der Waals surface area contributed by atoms with Crippen LogP contribution in [0.15, 0.2) is 59.5 Å². The smallest absolute Gasteiger partial charge is 0.417 e. The van der Waals surface area contributed by atoms with Crippen molar-refractivity contribution in [3.05, 3.63) is 54.6 Å². The number of hydrogen-bond donors (Lipinski definition) is 0. The third-order valence-corrected chi connectivity index (χ3v) is 8.17. The summed E-state index contributed by atoms with van der Waals surface area (Å²) in [5.74, 6) is 1.11. The van der Waals surface area contributed by atoms with E-state index in [1.54, 1.807) is 30.3 Å². The molecular formula is C16H19O6PS2. The Morgan fingerprint density at radius 1 is 1.00 bits per heavy atom. The Labute approximate surface area is 151 Å². The minimum absolute atomic E-state index is 0.0304. The van der Waals surface area contributed by atoms with Gasteiger partial charge in [-0.3, -0.25) is 4.52 Å². The quantitative estimate of drug-likeness (QED) is 0.443. The molecule has 0 aliphatic rings. The average molecular weight is 402 g/mol. The molecule has 136 valence electrons. The van der Waals surface area contributed by atoms with Crippen LogP contribution < -0.4 is 8.71 Å². The van der Waals surface area contributed by atoms with Crippen molar-refractivity contribution in [2.24, 2.45) is 0 Å². The van der Waals surface area contributed by atoms with Crippen molar-refractivity contribution in [3.63, 3.8) is 0 Å². The minimum Gasteiger partial charge on any atom is -0.417 e. The van der Waals surface area contributed by atoms with E-state index in [4.69, 9.17) is 13.2 Å². The molecule has 0 radical (unpaired) electrons. The highest BCUT2D eigenvalue weighted by Gasteiger charge is 2.25. The van der Waals surface area contributed by atoms with Gasteiger partial charge in [0.2, 0.25) is 0 Å². The van der Waals surface area contributed by atoms with Gasteiger partial charge in [-0.15, -0.1) is 0 Å². The van der Waals surface area contributed by atoms with Gasteiger partial charge in [0, 0.05) is 12.9 Å². The summed E-state index contributed by atoms with van der Waals surface area (Å²) in [5, 5.41) is 0. The molecule has 0 saturated carbocycles. The van der Waals surface area contributed by atoms with E-state index in [1.807, 2.05) is 6.92 Å². The minimum atomic E-state index is -3.95. The van der Waals surface area contributed by atoms with Crippen molar-refractivity contribution in [2.75, 3.05) is 12.9 Å². The molecule has 0 saturated heterocycles. The molecular weight excluding hydrogens is 383 g/mol. The van der Waals surface area contributed by atoms with Gasteiger partial charge in [-0.1, -0.05) is 25.1 Å². The predicted octanol–water partition coefficient (Wildman–Crippen LogP) is 4.73. The first-order valence-electron chi connectivity index (χ1n) is 7.48. The molecule has 6 nitrogen and oxygen atoms in total. The van der Waals surface area contributed by atoms with Crippen molar-refractivity contribution in [3.8, 4) is 11.5 Å². The second kappa shape index (κ2) is 8.76. The van der Waals surface area contributed by atoms with Crippen molar-refractivity contribution >= 4 is 28.3 Å². The van der Waals surface area contributed by atoms with E-state index < -0.39 is 16.9 Å². The molecule has 2 rings (SSSR count). The zero-order valence-corrected chi connectivity index (χ0v) is 16.4. The molecule has 2 aromatic rings. The summed E-state index contributed by atoms with van der Waals surface area (Å²) >= 11 is 1.10. The van der Waals surface area contributed by atoms with Gasteiger partial charge in [-0.25, -0.2) is 4.57 Å².